The molecular weight excluding hydrogens is 268 g/mol. The van der Waals surface area contributed by atoms with Crippen LogP contribution in [0.2, 0.25) is 0 Å². The van der Waals surface area contributed by atoms with E-state index in [0.29, 0.717) is 13.2 Å². The van der Waals surface area contributed by atoms with Crippen molar-refractivity contribution in [2.75, 3.05) is 26.3 Å². The molecule has 0 radical (unpaired) electrons. The first-order chi connectivity index (χ1) is 10.2. The van der Waals surface area contributed by atoms with Gasteiger partial charge in [-0.15, -0.1) is 0 Å². The minimum Gasteiger partial charge on any atom is -0.488 e. The van der Waals surface area contributed by atoms with Gasteiger partial charge < -0.3 is 20.1 Å². The molecule has 2 fully saturated rings. The zero-order valence-corrected chi connectivity index (χ0v) is 12.4. The van der Waals surface area contributed by atoms with Crippen molar-refractivity contribution in [1.82, 2.24) is 10.6 Å². The highest BCUT2D eigenvalue weighted by molar-refractivity contribution is 5.80. The number of aryl methyl sites for hydroxylation is 1. The second kappa shape index (κ2) is 6.45. The van der Waals surface area contributed by atoms with E-state index in [1.807, 2.05) is 25.1 Å². The summed E-state index contributed by atoms with van der Waals surface area (Å²) in [5, 5.41) is 6.10. The zero-order valence-electron chi connectivity index (χ0n) is 12.4. The van der Waals surface area contributed by atoms with Gasteiger partial charge in [0, 0.05) is 31.6 Å². The Balaban J connectivity index is 1.63. The first-order valence-electron chi connectivity index (χ1n) is 7.55. The molecule has 0 saturated carbocycles. The standard InChI is InChI=1S/C16H22N2O3/c1-11-2-3-12(9-18-16(19)13-7-17-8-13)15(6-11)21-14-4-5-20-10-14/h2-3,6,13-14,17H,4-5,7-10H2,1H3,(H,18,19). The number of hydrogen-bond donors (Lipinski definition) is 2. The first-order valence-corrected chi connectivity index (χ1v) is 7.55. The number of carbonyl (C=O) groups excluding carboxylic acids is 1. The fraction of sp³-hybridized carbons (Fsp3) is 0.562. The van der Waals surface area contributed by atoms with E-state index in [1.165, 1.54) is 0 Å². The van der Waals surface area contributed by atoms with E-state index in [9.17, 15) is 4.79 Å². The summed E-state index contributed by atoms with van der Waals surface area (Å²) >= 11 is 0. The minimum absolute atomic E-state index is 0.114. The first kappa shape index (κ1) is 14.4. The van der Waals surface area contributed by atoms with Gasteiger partial charge in [0.25, 0.3) is 0 Å². The van der Waals surface area contributed by atoms with Gasteiger partial charge in [-0.05, 0) is 18.6 Å². The van der Waals surface area contributed by atoms with Crippen LogP contribution in [0.1, 0.15) is 17.5 Å². The van der Waals surface area contributed by atoms with E-state index in [0.717, 1.165) is 43.0 Å². The number of carbonyl (C=O) groups is 1. The predicted molar refractivity (Wildman–Crippen MR) is 79.2 cm³/mol. The molecule has 1 aromatic rings. The van der Waals surface area contributed by atoms with Crippen molar-refractivity contribution in [3.63, 3.8) is 0 Å². The third kappa shape index (κ3) is 3.54. The Hall–Kier alpha value is -1.59. The molecule has 21 heavy (non-hydrogen) atoms. The van der Waals surface area contributed by atoms with Gasteiger partial charge >= 0.3 is 0 Å². The lowest BCUT2D eigenvalue weighted by molar-refractivity contribution is -0.126. The largest absolute Gasteiger partial charge is 0.488 e. The van der Waals surface area contributed by atoms with Gasteiger partial charge in [-0.25, -0.2) is 0 Å². The van der Waals surface area contributed by atoms with Gasteiger partial charge in [0.1, 0.15) is 11.9 Å². The Morgan fingerprint density at radius 3 is 3.00 bits per heavy atom. The number of hydrogen-bond acceptors (Lipinski definition) is 4. The Bertz CT molecular complexity index is 508. The van der Waals surface area contributed by atoms with Crippen LogP contribution in [0.25, 0.3) is 0 Å². The summed E-state index contributed by atoms with van der Waals surface area (Å²) in [6.07, 6.45) is 1.05. The van der Waals surface area contributed by atoms with Gasteiger partial charge in [0.15, 0.2) is 0 Å². The monoisotopic (exact) mass is 290 g/mol. The van der Waals surface area contributed by atoms with Gasteiger partial charge in [0.2, 0.25) is 5.91 Å². The molecule has 1 atom stereocenters. The topological polar surface area (TPSA) is 59.6 Å². The van der Waals surface area contributed by atoms with E-state index in [-0.39, 0.29) is 17.9 Å². The van der Waals surface area contributed by atoms with Gasteiger partial charge in [-0.1, -0.05) is 12.1 Å². The molecule has 5 heteroatoms. The highest BCUT2D eigenvalue weighted by Gasteiger charge is 2.25. The maximum absolute atomic E-state index is 11.9. The van der Waals surface area contributed by atoms with Crippen LogP contribution in [-0.4, -0.2) is 38.3 Å². The molecule has 2 aliphatic rings. The van der Waals surface area contributed by atoms with E-state index in [4.69, 9.17) is 9.47 Å². The average molecular weight is 290 g/mol. The van der Waals surface area contributed by atoms with E-state index in [2.05, 4.69) is 10.6 Å². The van der Waals surface area contributed by atoms with Crippen molar-refractivity contribution in [3.8, 4) is 5.75 Å². The van der Waals surface area contributed by atoms with Crippen molar-refractivity contribution in [1.29, 1.82) is 0 Å². The molecule has 2 aliphatic heterocycles. The van der Waals surface area contributed by atoms with Crippen molar-refractivity contribution < 1.29 is 14.3 Å². The second-order valence-electron chi connectivity index (χ2n) is 5.79. The van der Waals surface area contributed by atoms with Crippen LogP contribution in [0.4, 0.5) is 0 Å². The molecule has 1 aromatic carbocycles. The Labute approximate surface area is 125 Å². The Kier molecular flexibility index (Phi) is 4.41. The highest BCUT2D eigenvalue weighted by Crippen LogP contribution is 2.24. The molecule has 0 bridgehead atoms. The lowest BCUT2D eigenvalue weighted by Gasteiger charge is -2.26. The summed E-state index contributed by atoms with van der Waals surface area (Å²) in [4.78, 5) is 11.9. The van der Waals surface area contributed by atoms with E-state index in [1.54, 1.807) is 0 Å². The summed E-state index contributed by atoms with van der Waals surface area (Å²) in [6, 6.07) is 6.11. The van der Waals surface area contributed by atoms with Gasteiger partial charge in [-0.2, -0.15) is 0 Å². The van der Waals surface area contributed by atoms with E-state index >= 15 is 0 Å². The maximum atomic E-state index is 11.9. The molecule has 0 spiro atoms. The molecule has 114 valence electrons. The van der Waals surface area contributed by atoms with Gasteiger partial charge in [-0.3, -0.25) is 4.79 Å². The molecule has 3 rings (SSSR count). The average Bonchev–Trinajstić information content (AvgIpc) is 2.88. The van der Waals surface area contributed by atoms with Crippen LogP contribution in [0.3, 0.4) is 0 Å². The zero-order chi connectivity index (χ0) is 14.7. The third-order valence-electron chi connectivity index (χ3n) is 4.01. The Morgan fingerprint density at radius 2 is 2.33 bits per heavy atom. The molecule has 2 heterocycles. The van der Waals surface area contributed by atoms with Crippen LogP contribution in [0.15, 0.2) is 18.2 Å². The molecule has 0 aliphatic carbocycles. The summed E-state index contributed by atoms with van der Waals surface area (Å²) in [7, 11) is 0. The highest BCUT2D eigenvalue weighted by atomic mass is 16.5. The van der Waals surface area contributed by atoms with Crippen LogP contribution < -0.4 is 15.4 Å². The van der Waals surface area contributed by atoms with Crippen LogP contribution in [0, 0.1) is 12.8 Å². The number of rotatable bonds is 5. The van der Waals surface area contributed by atoms with Crippen LogP contribution in [-0.2, 0) is 16.1 Å². The lowest BCUT2D eigenvalue weighted by Crippen LogP contribution is -2.50. The lowest BCUT2D eigenvalue weighted by atomic mass is 10.0. The minimum atomic E-state index is 0.114. The smallest absolute Gasteiger partial charge is 0.225 e. The summed E-state index contributed by atoms with van der Waals surface area (Å²) in [5.74, 6) is 1.09. The summed E-state index contributed by atoms with van der Waals surface area (Å²) in [6.45, 7) is 5.52. The van der Waals surface area contributed by atoms with Crippen LogP contribution >= 0.6 is 0 Å². The summed E-state index contributed by atoms with van der Waals surface area (Å²) in [5.41, 5.74) is 2.18. The number of amides is 1. The maximum Gasteiger partial charge on any atom is 0.225 e. The molecule has 1 amide bonds. The molecule has 2 saturated heterocycles. The van der Waals surface area contributed by atoms with Crippen molar-refractivity contribution in [3.05, 3.63) is 29.3 Å². The Morgan fingerprint density at radius 1 is 1.48 bits per heavy atom. The van der Waals surface area contributed by atoms with Crippen LogP contribution in [0.5, 0.6) is 5.75 Å². The SMILES string of the molecule is Cc1ccc(CNC(=O)C2CNC2)c(OC2CCOC2)c1. The molecule has 0 aromatic heterocycles. The predicted octanol–water partition coefficient (Wildman–Crippen LogP) is 0.998. The number of benzene rings is 1. The summed E-state index contributed by atoms with van der Waals surface area (Å²) < 4.78 is 11.4. The fourth-order valence-corrected chi connectivity index (χ4v) is 2.50. The third-order valence-corrected chi connectivity index (χ3v) is 4.01. The van der Waals surface area contributed by atoms with E-state index < -0.39 is 0 Å². The molecule has 2 N–H and O–H groups in total. The quantitative estimate of drug-likeness (QED) is 0.849. The second-order valence-corrected chi connectivity index (χ2v) is 5.79. The normalized spacial score (nSPS) is 21.9. The molecule has 1 unspecified atom stereocenters. The van der Waals surface area contributed by atoms with Crippen molar-refractivity contribution in [2.45, 2.75) is 26.0 Å². The number of nitrogens with one attached hydrogen (secondary N) is 2. The molecular formula is C16H22N2O3. The fourth-order valence-electron chi connectivity index (χ4n) is 2.50. The van der Waals surface area contributed by atoms with Crippen molar-refractivity contribution in [2.24, 2.45) is 5.92 Å². The van der Waals surface area contributed by atoms with Crippen molar-refractivity contribution >= 4 is 5.91 Å². The van der Waals surface area contributed by atoms with Gasteiger partial charge in [0.05, 0.1) is 19.1 Å². The molecule has 5 nitrogen and oxygen atoms in total. The number of ether oxygens (including phenoxy) is 2.